The van der Waals surface area contributed by atoms with E-state index in [-0.39, 0.29) is 6.04 Å². The molecule has 0 aromatic heterocycles. The summed E-state index contributed by atoms with van der Waals surface area (Å²) in [7, 11) is -1.69. The number of alkyl halides is 1. The van der Waals surface area contributed by atoms with Gasteiger partial charge in [-0.25, -0.2) is 4.72 Å². The molecule has 102 valence electrons. The number of hydrogen-bond donors (Lipinski definition) is 1. The van der Waals surface area contributed by atoms with Crippen LogP contribution in [-0.4, -0.2) is 37.2 Å². The molecule has 6 heteroatoms. The van der Waals surface area contributed by atoms with Crippen LogP contribution in [0.3, 0.4) is 0 Å². The molecule has 0 atom stereocenters. The Hall–Kier alpha value is 0.350. The average molecular weight is 327 g/mol. The Bertz CT molecular complexity index is 324. The summed E-state index contributed by atoms with van der Waals surface area (Å²) in [6.45, 7) is 4.31. The van der Waals surface area contributed by atoms with Gasteiger partial charge in [0, 0.05) is 24.5 Å². The molecule has 17 heavy (non-hydrogen) atoms. The van der Waals surface area contributed by atoms with Crippen LogP contribution in [0.2, 0.25) is 0 Å². The van der Waals surface area contributed by atoms with E-state index in [2.05, 4.69) is 20.7 Å². The van der Waals surface area contributed by atoms with Gasteiger partial charge in [0.1, 0.15) is 0 Å². The maximum atomic E-state index is 11.9. The minimum atomic E-state index is -3.30. The molecule has 0 unspecified atom stereocenters. The molecule has 1 fully saturated rings. The summed E-state index contributed by atoms with van der Waals surface area (Å²) in [5.74, 6) is 0.485. The topological polar surface area (TPSA) is 49.4 Å². The zero-order valence-electron chi connectivity index (χ0n) is 10.8. The first-order chi connectivity index (χ1) is 7.83. The molecule has 0 aromatic carbocycles. The highest BCUT2D eigenvalue weighted by atomic mass is 79.9. The third-order valence-corrected chi connectivity index (χ3v) is 6.06. The molecule has 0 bridgehead atoms. The predicted octanol–water partition coefficient (Wildman–Crippen LogP) is 2.11. The van der Waals surface area contributed by atoms with Gasteiger partial charge in [0.2, 0.25) is 0 Å². The van der Waals surface area contributed by atoms with Crippen molar-refractivity contribution in [3.8, 4) is 0 Å². The van der Waals surface area contributed by atoms with Gasteiger partial charge in [-0.1, -0.05) is 15.9 Å². The first-order valence-electron chi connectivity index (χ1n) is 6.19. The molecule has 0 amide bonds. The van der Waals surface area contributed by atoms with Gasteiger partial charge in [-0.2, -0.15) is 12.7 Å². The molecule has 0 radical (unpaired) electrons. The lowest BCUT2D eigenvalue weighted by Crippen LogP contribution is -2.43. The highest BCUT2D eigenvalue weighted by molar-refractivity contribution is 9.09. The lowest BCUT2D eigenvalue weighted by atomic mass is 9.89. The van der Waals surface area contributed by atoms with Gasteiger partial charge in [0.05, 0.1) is 0 Å². The first-order valence-corrected chi connectivity index (χ1v) is 8.55. The lowest BCUT2D eigenvalue weighted by Gasteiger charge is -2.27. The van der Waals surface area contributed by atoms with E-state index in [4.69, 9.17) is 0 Å². The zero-order chi connectivity index (χ0) is 13.1. The number of nitrogens with one attached hydrogen (secondary N) is 1. The van der Waals surface area contributed by atoms with Gasteiger partial charge in [-0.15, -0.1) is 0 Å². The molecule has 0 aliphatic heterocycles. The molecule has 0 heterocycles. The molecule has 0 aromatic rings. The van der Waals surface area contributed by atoms with Crippen LogP contribution in [0.5, 0.6) is 0 Å². The fourth-order valence-corrected chi connectivity index (χ4v) is 3.66. The van der Waals surface area contributed by atoms with Crippen LogP contribution in [0.4, 0.5) is 0 Å². The SMILES string of the molecule is CC(C)N(C)S(=O)(=O)NCC1CCC(Br)CC1. The van der Waals surface area contributed by atoms with E-state index in [0.717, 1.165) is 25.7 Å². The van der Waals surface area contributed by atoms with Crippen LogP contribution in [-0.2, 0) is 10.2 Å². The molecular weight excluding hydrogens is 304 g/mol. The Morgan fingerprint density at radius 1 is 1.29 bits per heavy atom. The molecule has 1 rings (SSSR count). The summed E-state index contributed by atoms with van der Waals surface area (Å²) in [6, 6.07) is -0.00854. The van der Waals surface area contributed by atoms with E-state index in [9.17, 15) is 8.42 Å². The number of rotatable bonds is 5. The largest absolute Gasteiger partial charge is 0.279 e. The molecule has 0 spiro atoms. The van der Waals surface area contributed by atoms with Crippen molar-refractivity contribution in [3.63, 3.8) is 0 Å². The molecule has 1 N–H and O–H groups in total. The summed E-state index contributed by atoms with van der Waals surface area (Å²) in [5.41, 5.74) is 0. The van der Waals surface area contributed by atoms with Gasteiger partial charge in [0.25, 0.3) is 10.2 Å². The summed E-state index contributed by atoms with van der Waals surface area (Å²) in [6.07, 6.45) is 4.49. The smallest absolute Gasteiger partial charge is 0.202 e. The molecule has 0 saturated heterocycles. The van der Waals surface area contributed by atoms with Crippen molar-refractivity contribution < 1.29 is 8.42 Å². The quantitative estimate of drug-likeness (QED) is 0.787. The second-order valence-electron chi connectivity index (χ2n) is 5.08. The van der Waals surface area contributed by atoms with E-state index in [0.29, 0.717) is 17.3 Å². The summed E-state index contributed by atoms with van der Waals surface area (Å²) >= 11 is 3.60. The van der Waals surface area contributed by atoms with Crippen LogP contribution in [0.15, 0.2) is 0 Å². The number of nitrogens with zero attached hydrogens (tertiary/aromatic N) is 1. The minimum absolute atomic E-state index is 0.00854. The Kier molecular flexibility index (Phi) is 5.89. The van der Waals surface area contributed by atoms with Crippen LogP contribution in [0, 0.1) is 5.92 Å². The van der Waals surface area contributed by atoms with E-state index in [1.807, 2.05) is 13.8 Å². The van der Waals surface area contributed by atoms with Crippen LogP contribution < -0.4 is 4.72 Å². The van der Waals surface area contributed by atoms with Crippen LogP contribution >= 0.6 is 15.9 Å². The van der Waals surface area contributed by atoms with Crippen molar-refractivity contribution in [2.45, 2.75) is 50.4 Å². The van der Waals surface area contributed by atoms with E-state index in [1.165, 1.54) is 4.31 Å². The van der Waals surface area contributed by atoms with Gasteiger partial charge >= 0.3 is 0 Å². The average Bonchev–Trinajstić information content (AvgIpc) is 2.27. The molecular formula is C11H23BrN2O2S. The first kappa shape index (κ1) is 15.4. The van der Waals surface area contributed by atoms with E-state index >= 15 is 0 Å². The second-order valence-corrected chi connectivity index (χ2v) is 8.19. The van der Waals surface area contributed by atoms with Crippen molar-refractivity contribution >= 4 is 26.1 Å². The van der Waals surface area contributed by atoms with Crippen molar-refractivity contribution in [1.82, 2.24) is 9.03 Å². The monoisotopic (exact) mass is 326 g/mol. The normalized spacial score (nSPS) is 26.7. The third kappa shape index (κ3) is 4.85. The van der Waals surface area contributed by atoms with Crippen molar-refractivity contribution in [1.29, 1.82) is 0 Å². The van der Waals surface area contributed by atoms with Gasteiger partial charge in [-0.3, -0.25) is 0 Å². The molecule has 1 aliphatic rings. The Morgan fingerprint density at radius 2 is 1.82 bits per heavy atom. The van der Waals surface area contributed by atoms with E-state index in [1.54, 1.807) is 7.05 Å². The highest BCUT2D eigenvalue weighted by Gasteiger charge is 2.24. The van der Waals surface area contributed by atoms with Gasteiger partial charge < -0.3 is 0 Å². The summed E-state index contributed by atoms with van der Waals surface area (Å²) < 4.78 is 27.9. The van der Waals surface area contributed by atoms with Crippen molar-refractivity contribution in [3.05, 3.63) is 0 Å². The standard InChI is InChI=1S/C11H23BrN2O2S/c1-9(2)14(3)17(15,16)13-8-10-4-6-11(12)7-5-10/h9-11,13H,4-8H2,1-3H3. The Labute approximate surface area is 113 Å². The van der Waals surface area contributed by atoms with Gasteiger partial charge in [0.15, 0.2) is 0 Å². The fourth-order valence-electron chi connectivity index (χ4n) is 1.93. The Balaban J connectivity index is 2.40. The van der Waals surface area contributed by atoms with Crippen LogP contribution in [0.1, 0.15) is 39.5 Å². The maximum absolute atomic E-state index is 11.9. The zero-order valence-corrected chi connectivity index (χ0v) is 13.2. The van der Waals surface area contributed by atoms with Crippen molar-refractivity contribution in [2.24, 2.45) is 5.92 Å². The molecule has 1 saturated carbocycles. The molecule has 4 nitrogen and oxygen atoms in total. The number of hydrogen-bond acceptors (Lipinski definition) is 2. The van der Waals surface area contributed by atoms with E-state index < -0.39 is 10.2 Å². The Morgan fingerprint density at radius 3 is 2.29 bits per heavy atom. The third-order valence-electron chi connectivity index (χ3n) is 3.44. The predicted molar refractivity (Wildman–Crippen MR) is 74.5 cm³/mol. The molecule has 1 aliphatic carbocycles. The van der Waals surface area contributed by atoms with Crippen LogP contribution in [0.25, 0.3) is 0 Å². The highest BCUT2D eigenvalue weighted by Crippen LogP contribution is 2.28. The summed E-state index contributed by atoms with van der Waals surface area (Å²) in [4.78, 5) is 0.619. The van der Waals surface area contributed by atoms with Crippen molar-refractivity contribution in [2.75, 3.05) is 13.6 Å². The van der Waals surface area contributed by atoms with Gasteiger partial charge in [-0.05, 0) is 45.4 Å². The second kappa shape index (κ2) is 6.50. The maximum Gasteiger partial charge on any atom is 0.279 e. The minimum Gasteiger partial charge on any atom is -0.202 e. The summed E-state index contributed by atoms with van der Waals surface area (Å²) in [5, 5.41) is 0. The fraction of sp³-hybridized carbons (Fsp3) is 1.00. The number of halogens is 1. The lowest BCUT2D eigenvalue weighted by molar-refractivity contribution is 0.355.